The van der Waals surface area contributed by atoms with E-state index in [1.54, 1.807) is 18.9 Å². The molecule has 1 rings (SSSR count). The molecule has 1 atom stereocenters. The molecule has 4 nitrogen and oxygen atoms in total. The Labute approximate surface area is 132 Å². The Bertz CT molecular complexity index is 426. The molecule has 1 aromatic rings. The summed E-state index contributed by atoms with van der Waals surface area (Å²) in [6, 6.07) is 8.37. The maximum atomic E-state index is 11.8. The zero-order chi connectivity index (χ0) is 15.5. The minimum Gasteiger partial charge on any atom is -0.383 e. The molecule has 0 aliphatic heterocycles. The molecule has 21 heavy (non-hydrogen) atoms. The number of carbonyl (C=O) groups excluding carboxylic acids is 1. The summed E-state index contributed by atoms with van der Waals surface area (Å²) in [5.74, 6) is 0.471. The Hall–Kier alpha value is -1.04. The van der Waals surface area contributed by atoms with Crippen LogP contribution in [0.2, 0.25) is 0 Å². The van der Waals surface area contributed by atoms with Gasteiger partial charge in [-0.05, 0) is 37.6 Å². The molecule has 0 bridgehead atoms. The molecule has 0 aliphatic rings. The van der Waals surface area contributed by atoms with Crippen LogP contribution in [0.3, 0.4) is 0 Å². The second-order valence-corrected chi connectivity index (χ2v) is 6.09. The summed E-state index contributed by atoms with van der Waals surface area (Å²) in [5.41, 5.74) is 1.25. The number of thioether (sulfide) groups is 1. The topological polar surface area (TPSA) is 50.4 Å². The average Bonchev–Trinajstić information content (AvgIpc) is 2.46. The molecule has 0 spiro atoms. The van der Waals surface area contributed by atoms with Crippen LogP contribution in [0.25, 0.3) is 0 Å². The van der Waals surface area contributed by atoms with Gasteiger partial charge in [-0.25, -0.2) is 0 Å². The molecule has 1 unspecified atom stereocenters. The Morgan fingerprint density at radius 2 is 2.24 bits per heavy atom. The Kier molecular flexibility index (Phi) is 9.14. The Morgan fingerprint density at radius 3 is 2.95 bits per heavy atom. The fraction of sp³-hybridized carbons (Fsp3) is 0.562. The molecule has 1 aromatic carbocycles. The molecular weight excluding hydrogens is 284 g/mol. The fourth-order valence-corrected chi connectivity index (χ4v) is 2.70. The lowest BCUT2D eigenvalue weighted by molar-refractivity contribution is -0.119. The second-order valence-electron chi connectivity index (χ2n) is 5.04. The van der Waals surface area contributed by atoms with Crippen LogP contribution in [-0.2, 0) is 16.1 Å². The third-order valence-electron chi connectivity index (χ3n) is 2.85. The van der Waals surface area contributed by atoms with Crippen LogP contribution in [0.15, 0.2) is 29.2 Å². The van der Waals surface area contributed by atoms with Crippen LogP contribution in [0.1, 0.15) is 25.8 Å². The van der Waals surface area contributed by atoms with Gasteiger partial charge in [0.15, 0.2) is 0 Å². The van der Waals surface area contributed by atoms with Gasteiger partial charge in [0.25, 0.3) is 0 Å². The van der Waals surface area contributed by atoms with Crippen molar-refractivity contribution in [2.45, 2.75) is 37.8 Å². The van der Waals surface area contributed by atoms with E-state index in [4.69, 9.17) is 4.74 Å². The van der Waals surface area contributed by atoms with Gasteiger partial charge in [-0.2, -0.15) is 0 Å². The van der Waals surface area contributed by atoms with Crippen molar-refractivity contribution in [3.05, 3.63) is 29.8 Å². The first-order chi connectivity index (χ1) is 10.2. The lowest BCUT2D eigenvalue weighted by Crippen LogP contribution is -2.36. The maximum absolute atomic E-state index is 11.8. The molecule has 2 N–H and O–H groups in total. The van der Waals surface area contributed by atoms with Crippen LogP contribution in [-0.4, -0.2) is 38.0 Å². The molecule has 0 saturated heterocycles. The van der Waals surface area contributed by atoms with E-state index < -0.39 is 0 Å². The van der Waals surface area contributed by atoms with Crippen LogP contribution in [0, 0.1) is 0 Å². The van der Waals surface area contributed by atoms with Gasteiger partial charge in [0.2, 0.25) is 5.91 Å². The van der Waals surface area contributed by atoms with Crippen molar-refractivity contribution in [2.75, 3.05) is 26.0 Å². The highest BCUT2D eigenvalue weighted by molar-refractivity contribution is 8.00. The Balaban J connectivity index is 2.37. The quantitative estimate of drug-likeness (QED) is 0.515. The highest BCUT2D eigenvalue weighted by atomic mass is 32.2. The van der Waals surface area contributed by atoms with E-state index in [0.29, 0.717) is 12.4 Å². The number of methoxy groups -OCH3 is 1. The van der Waals surface area contributed by atoms with Crippen molar-refractivity contribution in [1.29, 1.82) is 0 Å². The number of hydrogen-bond acceptors (Lipinski definition) is 4. The molecule has 0 aromatic heterocycles. The van der Waals surface area contributed by atoms with Gasteiger partial charge in [0.1, 0.15) is 0 Å². The molecule has 0 aliphatic carbocycles. The molecular formula is C16H26N2O2S. The monoisotopic (exact) mass is 310 g/mol. The summed E-state index contributed by atoms with van der Waals surface area (Å²) < 4.78 is 5.00. The van der Waals surface area contributed by atoms with E-state index in [1.165, 1.54) is 5.56 Å². The van der Waals surface area contributed by atoms with Crippen LogP contribution < -0.4 is 10.6 Å². The third-order valence-corrected chi connectivity index (χ3v) is 3.84. The average molecular weight is 310 g/mol. The summed E-state index contributed by atoms with van der Waals surface area (Å²) in [6.45, 7) is 6.53. The molecule has 118 valence electrons. The van der Waals surface area contributed by atoms with Crippen LogP contribution >= 0.6 is 11.8 Å². The van der Waals surface area contributed by atoms with Crippen LogP contribution in [0.5, 0.6) is 0 Å². The molecule has 0 saturated carbocycles. The number of hydrogen-bond donors (Lipinski definition) is 2. The zero-order valence-corrected chi connectivity index (χ0v) is 14.0. The highest BCUT2D eigenvalue weighted by Gasteiger charge is 2.07. The van der Waals surface area contributed by atoms with Gasteiger partial charge in [0.05, 0.1) is 12.4 Å². The van der Waals surface area contributed by atoms with Gasteiger partial charge in [-0.3, -0.25) is 4.79 Å². The van der Waals surface area contributed by atoms with Gasteiger partial charge in [0, 0.05) is 24.6 Å². The van der Waals surface area contributed by atoms with Crippen molar-refractivity contribution in [3.8, 4) is 0 Å². The molecule has 1 amide bonds. The smallest absolute Gasteiger partial charge is 0.230 e. The van der Waals surface area contributed by atoms with Crippen molar-refractivity contribution < 1.29 is 9.53 Å². The van der Waals surface area contributed by atoms with Crippen molar-refractivity contribution >= 4 is 17.7 Å². The van der Waals surface area contributed by atoms with Crippen molar-refractivity contribution in [2.24, 2.45) is 0 Å². The SMILES string of the molecule is CCCNCc1cccc(SCC(=O)NC(C)COC)c1. The van der Waals surface area contributed by atoms with E-state index in [2.05, 4.69) is 29.7 Å². The number of nitrogens with one attached hydrogen (secondary N) is 2. The van der Waals surface area contributed by atoms with E-state index in [1.807, 2.05) is 19.1 Å². The summed E-state index contributed by atoms with van der Waals surface area (Å²) in [7, 11) is 1.63. The lowest BCUT2D eigenvalue weighted by Gasteiger charge is -2.12. The number of rotatable bonds is 10. The molecule has 5 heteroatoms. The summed E-state index contributed by atoms with van der Waals surface area (Å²) in [5, 5.41) is 6.29. The lowest BCUT2D eigenvalue weighted by atomic mass is 10.2. The molecule has 0 radical (unpaired) electrons. The second kappa shape index (κ2) is 10.7. The largest absolute Gasteiger partial charge is 0.383 e. The first kappa shape index (κ1) is 18.0. The standard InChI is InChI=1S/C16H26N2O2S/c1-4-8-17-10-14-6-5-7-15(9-14)21-12-16(19)18-13(2)11-20-3/h5-7,9,13,17H,4,8,10-12H2,1-3H3,(H,18,19). The number of amides is 1. The van der Waals surface area contributed by atoms with Gasteiger partial charge in [-0.1, -0.05) is 19.1 Å². The number of carbonyl (C=O) groups is 1. The van der Waals surface area contributed by atoms with E-state index >= 15 is 0 Å². The predicted molar refractivity (Wildman–Crippen MR) is 88.6 cm³/mol. The number of benzene rings is 1. The zero-order valence-electron chi connectivity index (χ0n) is 13.1. The van der Waals surface area contributed by atoms with Crippen molar-refractivity contribution in [1.82, 2.24) is 10.6 Å². The summed E-state index contributed by atoms with van der Waals surface area (Å²) in [4.78, 5) is 12.9. The minimum absolute atomic E-state index is 0.0408. The van der Waals surface area contributed by atoms with E-state index in [9.17, 15) is 4.79 Å². The normalized spacial score (nSPS) is 12.1. The maximum Gasteiger partial charge on any atom is 0.230 e. The summed E-state index contributed by atoms with van der Waals surface area (Å²) in [6.07, 6.45) is 1.13. The number of ether oxygens (including phenoxy) is 1. The van der Waals surface area contributed by atoms with Gasteiger partial charge >= 0.3 is 0 Å². The first-order valence-electron chi connectivity index (χ1n) is 7.36. The van der Waals surface area contributed by atoms with Gasteiger partial charge in [-0.15, -0.1) is 11.8 Å². The van der Waals surface area contributed by atoms with Crippen molar-refractivity contribution in [3.63, 3.8) is 0 Å². The van der Waals surface area contributed by atoms with Crippen LogP contribution in [0.4, 0.5) is 0 Å². The predicted octanol–water partition coefficient (Wildman–Crippen LogP) is 2.43. The fourth-order valence-electron chi connectivity index (χ4n) is 1.91. The molecule has 0 heterocycles. The minimum atomic E-state index is 0.0408. The van der Waals surface area contributed by atoms with Gasteiger partial charge < -0.3 is 15.4 Å². The first-order valence-corrected chi connectivity index (χ1v) is 8.35. The molecule has 0 fully saturated rings. The van der Waals surface area contributed by atoms with E-state index in [-0.39, 0.29) is 11.9 Å². The third kappa shape index (κ3) is 8.09. The Morgan fingerprint density at radius 1 is 1.43 bits per heavy atom. The van der Waals surface area contributed by atoms with E-state index in [0.717, 1.165) is 24.4 Å². The summed E-state index contributed by atoms with van der Waals surface area (Å²) >= 11 is 1.56. The highest BCUT2D eigenvalue weighted by Crippen LogP contribution is 2.19.